The van der Waals surface area contributed by atoms with E-state index in [-0.39, 0.29) is 16.6 Å². The number of carbonyl (C=O) groups is 1. The Bertz CT molecular complexity index is 1320. The molecule has 0 spiro atoms. The van der Waals surface area contributed by atoms with Crippen molar-refractivity contribution in [3.05, 3.63) is 94.1 Å². The van der Waals surface area contributed by atoms with Gasteiger partial charge in [0, 0.05) is 29.4 Å². The Labute approximate surface area is 194 Å². The number of rotatable bonds is 7. The number of nitrogens with one attached hydrogen (secondary N) is 2. The maximum Gasteiger partial charge on any atom is 0.271 e. The molecular weight excluding hydrogens is 444 g/mol. The van der Waals surface area contributed by atoms with E-state index in [1.165, 1.54) is 18.2 Å². The van der Waals surface area contributed by atoms with E-state index in [2.05, 4.69) is 15.6 Å². The number of non-ortho nitro benzene ring substituents is 1. The van der Waals surface area contributed by atoms with E-state index >= 15 is 0 Å². The lowest BCUT2D eigenvalue weighted by atomic mass is 10.2. The Balaban J connectivity index is 1.39. The van der Waals surface area contributed by atoms with Crippen LogP contribution in [0.2, 0.25) is 5.02 Å². The minimum Gasteiger partial charge on any atom is -0.455 e. The van der Waals surface area contributed by atoms with Crippen LogP contribution in [0.3, 0.4) is 0 Å². The van der Waals surface area contributed by atoms with Crippen LogP contribution in [0.1, 0.15) is 6.92 Å². The smallest absolute Gasteiger partial charge is 0.271 e. The van der Waals surface area contributed by atoms with E-state index in [1.807, 2.05) is 30.3 Å². The number of fused-ring (bicyclic) bond motifs is 1. The van der Waals surface area contributed by atoms with Gasteiger partial charge in [-0.25, -0.2) is 0 Å². The first-order valence-corrected chi connectivity index (χ1v) is 10.4. The molecule has 0 aliphatic heterocycles. The Kier molecular flexibility index (Phi) is 6.37. The normalized spacial score (nSPS) is 11.6. The molecule has 0 saturated carbocycles. The number of nitrogens with zero attached hydrogens (tertiary/aromatic N) is 2. The average molecular weight is 463 g/mol. The summed E-state index contributed by atoms with van der Waals surface area (Å²) in [6.07, 6.45) is 1.72. The van der Waals surface area contributed by atoms with Crippen LogP contribution in [0.15, 0.2) is 79.0 Å². The number of amides is 1. The van der Waals surface area contributed by atoms with E-state index in [0.717, 1.165) is 16.6 Å². The zero-order valence-corrected chi connectivity index (χ0v) is 18.2. The van der Waals surface area contributed by atoms with Gasteiger partial charge >= 0.3 is 0 Å². The maximum absolute atomic E-state index is 12.5. The lowest BCUT2D eigenvalue weighted by Gasteiger charge is -2.16. The number of aromatic nitrogens is 1. The minimum absolute atomic E-state index is 0.0918. The average Bonchev–Trinajstić information content (AvgIpc) is 2.81. The van der Waals surface area contributed by atoms with Gasteiger partial charge in [-0.1, -0.05) is 29.8 Å². The fourth-order valence-corrected chi connectivity index (χ4v) is 3.40. The van der Waals surface area contributed by atoms with E-state index in [0.29, 0.717) is 17.2 Å². The van der Waals surface area contributed by atoms with Crippen LogP contribution in [0.5, 0.6) is 11.5 Å². The number of ether oxygens (including phenoxy) is 1. The summed E-state index contributed by atoms with van der Waals surface area (Å²) in [5.41, 5.74) is 1.65. The highest BCUT2D eigenvalue weighted by molar-refractivity contribution is 6.34. The van der Waals surface area contributed by atoms with Gasteiger partial charge < -0.3 is 15.4 Å². The minimum atomic E-state index is -0.592. The van der Waals surface area contributed by atoms with Crippen molar-refractivity contribution < 1.29 is 14.5 Å². The Morgan fingerprint density at radius 1 is 1.09 bits per heavy atom. The summed E-state index contributed by atoms with van der Waals surface area (Å²) in [5.74, 6) is 0.947. The number of hydrogen-bond donors (Lipinski definition) is 2. The van der Waals surface area contributed by atoms with Gasteiger partial charge in [-0.15, -0.1) is 0 Å². The Morgan fingerprint density at radius 2 is 1.85 bits per heavy atom. The summed E-state index contributed by atoms with van der Waals surface area (Å²) >= 11 is 6.04. The van der Waals surface area contributed by atoms with Crippen molar-refractivity contribution in [2.75, 3.05) is 10.6 Å². The number of pyridine rings is 1. The number of nitro groups is 1. The first kappa shape index (κ1) is 22.0. The van der Waals surface area contributed by atoms with Gasteiger partial charge in [0.25, 0.3) is 5.69 Å². The molecule has 0 radical (unpaired) electrons. The number of nitro benzene ring substituents is 1. The molecule has 0 fully saturated rings. The largest absolute Gasteiger partial charge is 0.455 e. The second-order valence-corrected chi connectivity index (χ2v) is 7.64. The second kappa shape index (κ2) is 9.54. The molecule has 1 unspecified atom stereocenters. The summed E-state index contributed by atoms with van der Waals surface area (Å²) in [5, 5.41) is 17.7. The molecule has 0 aliphatic carbocycles. The molecule has 2 N–H and O–H groups in total. The molecule has 1 aromatic heterocycles. The monoisotopic (exact) mass is 462 g/mol. The SMILES string of the molecule is CC(Nc1ccc(Oc2cccc3cccnc23)cc1)C(=O)Nc1ccc([N+](=O)[O-])cc1Cl. The summed E-state index contributed by atoms with van der Waals surface area (Å²) in [6.45, 7) is 1.70. The van der Waals surface area contributed by atoms with Crippen molar-refractivity contribution in [2.45, 2.75) is 13.0 Å². The van der Waals surface area contributed by atoms with Crippen molar-refractivity contribution >= 4 is 45.5 Å². The van der Waals surface area contributed by atoms with Gasteiger partial charge in [0.15, 0.2) is 5.75 Å². The van der Waals surface area contributed by atoms with Crippen molar-refractivity contribution in [1.29, 1.82) is 0 Å². The van der Waals surface area contributed by atoms with Gasteiger partial charge in [0.1, 0.15) is 17.3 Å². The molecule has 1 amide bonds. The van der Waals surface area contributed by atoms with Crippen LogP contribution in [-0.4, -0.2) is 21.9 Å². The topological polar surface area (TPSA) is 106 Å². The summed E-state index contributed by atoms with van der Waals surface area (Å²) < 4.78 is 5.99. The summed E-state index contributed by atoms with van der Waals surface area (Å²) in [6, 6.07) is 20.1. The third-order valence-electron chi connectivity index (χ3n) is 4.88. The molecule has 0 bridgehead atoms. The Hall–Kier alpha value is -4.17. The quantitative estimate of drug-likeness (QED) is 0.256. The summed E-state index contributed by atoms with van der Waals surface area (Å²) in [4.78, 5) is 27.2. The molecule has 0 aliphatic rings. The lowest BCUT2D eigenvalue weighted by molar-refractivity contribution is -0.384. The molecule has 33 heavy (non-hydrogen) atoms. The molecule has 3 aromatic carbocycles. The third-order valence-corrected chi connectivity index (χ3v) is 5.19. The maximum atomic E-state index is 12.5. The first-order valence-electron chi connectivity index (χ1n) is 10.0. The Morgan fingerprint density at radius 3 is 2.58 bits per heavy atom. The highest BCUT2D eigenvalue weighted by Gasteiger charge is 2.16. The van der Waals surface area contributed by atoms with Gasteiger partial charge in [0.05, 0.1) is 15.6 Å². The van der Waals surface area contributed by atoms with Crippen LogP contribution in [-0.2, 0) is 4.79 Å². The van der Waals surface area contributed by atoms with Gasteiger partial charge in [-0.2, -0.15) is 0 Å². The molecule has 0 saturated heterocycles. The van der Waals surface area contributed by atoms with E-state index in [9.17, 15) is 14.9 Å². The predicted octanol–water partition coefficient (Wildman–Crippen LogP) is 6.03. The van der Waals surface area contributed by atoms with Crippen LogP contribution in [0.4, 0.5) is 17.1 Å². The zero-order valence-electron chi connectivity index (χ0n) is 17.5. The molecule has 1 heterocycles. The zero-order chi connectivity index (χ0) is 23.4. The molecule has 4 rings (SSSR count). The molecule has 4 aromatic rings. The third kappa shape index (κ3) is 5.19. The van der Waals surface area contributed by atoms with E-state index < -0.39 is 11.0 Å². The van der Waals surface area contributed by atoms with Crippen molar-refractivity contribution in [1.82, 2.24) is 4.98 Å². The van der Waals surface area contributed by atoms with Crippen molar-refractivity contribution in [3.63, 3.8) is 0 Å². The van der Waals surface area contributed by atoms with Gasteiger partial charge in [0.2, 0.25) is 5.91 Å². The van der Waals surface area contributed by atoms with Crippen LogP contribution in [0.25, 0.3) is 10.9 Å². The van der Waals surface area contributed by atoms with Crippen molar-refractivity contribution in [3.8, 4) is 11.5 Å². The molecular formula is C24H19ClN4O4. The number of hydrogen-bond acceptors (Lipinski definition) is 6. The fraction of sp³-hybridized carbons (Fsp3) is 0.0833. The van der Waals surface area contributed by atoms with E-state index in [1.54, 1.807) is 37.4 Å². The predicted molar refractivity (Wildman–Crippen MR) is 128 cm³/mol. The van der Waals surface area contributed by atoms with Crippen LogP contribution < -0.4 is 15.4 Å². The van der Waals surface area contributed by atoms with E-state index in [4.69, 9.17) is 16.3 Å². The summed E-state index contributed by atoms with van der Waals surface area (Å²) in [7, 11) is 0. The molecule has 8 nitrogen and oxygen atoms in total. The number of para-hydroxylation sites is 1. The highest BCUT2D eigenvalue weighted by Crippen LogP contribution is 2.29. The number of anilines is 2. The van der Waals surface area contributed by atoms with Crippen LogP contribution >= 0.6 is 11.6 Å². The van der Waals surface area contributed by atoms with Gasteiger partial charge in [-0.05, 0) is 49.4 Å². The number of carbonyl (C=O) groups excluding carboxylic acids is 1. The highest BCUT2D eigenvalue weighted by atomic mass is 35.5. The van der Waals surface area contributed by atoms with Crippen molar-refractivity contribution in [2.24, 2.45) is 0 Å². The van der Waals surface area contributed by atoms with Crippen LogP contribution in [0, 0.1) is 10.1 Å². The molecule has 1 atom stereocenters. The van der Waals surface area contributed by atoms with Gasteiger partial charge in [-0.3, -0.25) is 19.9 Å². The lowest BCUT2D eigenvalue weighted by Crippen LogP contribution is -2.31. The standard InChI is InChI=1S/C24H19ClN4O4/c1-15(24(30)28-21-12-9-18(29(31)32)14-20(21)25)27-17-7-10-19(11-8-17)33-22-6-2-4-16-5-3-13-26-23(16)22/h2-15,27H,1H3,(H,28,30). The second-order valence-electron chi connectivity index (χ2n) is 7.23. The molecule has 9 heteroatoms. The number of benzene rings is 3. The number of halogens is 1. The first-order chi connectivity index (χ1) is 15.9. The molecule has 166 valence electrons. The fourth-order valence-electron chi connectivity index (χ4n) is 3.18.